The molecular weight excluding hydrogens is 276 g/mol. The van der Waals surface area contributed by atoms with E-state index in [0.29, 0.717) is 18.7 Å². The second kappa shape index (κ2) is 7.27. The SMILES string of the molecule is COc1cccc(Cl)c1CN1CCC(OC)CC1CN. The van der Waals surface area contributed by atoms with Gasteiger partial charge in [-0.2, -0.15) is 0 Å². The van der Waals surface area contributed by atoms with E-state index in [1.165, 1.54) is 0 Å². The lowest BCUT2D eigenvalue weighted by Gasteiger charge is -2.38. The highest BCUT2D eigenvalue weighted by Crippen LogP contribution is 2.30. The van der Waals surface area contributed by atoms with Crippen molar-refractivity contribution >= 4 is 11.6 Å². The predicted molar refractivity (Wildman–Crippen MR) is 81.3 cm³/mol. The number of piperidine rings is 1. The number of nitrogens with zero attached hydrogens (tertiary/aromatic N) is 1. The zero-order chi connectivity index (χ0) is 14.5. The van der Waals surface area contributed by atoms with Gasteiger partial charge in [0.05, 0.1) is 13.2 Å². The van der Waals surface area contributed by atoms with Gasteiger partial charge in [0.15, 0.2) is 0 Å². The molecule has 2 atom stereocenters. The Kier molecular flexibility index (Phi) is 5.66. The summed E-state index contributed by atoms with van der Waals surface area (Å²) in [4.78, 5) is 2.37. The zero-order valence-electron chi connectivity index (χ0n) is 12.1. The molecule has 1 aromatic carbocycles. The molecule has 0 radical (unpaired) electrons. The van der Waals surface area contributed by atoms with Crippen molar-refractivity contribution in [1.29, 1.82) is 0 Å². The predicted octanol–water partition coefficient (Wildman–Crippen LogP) is 2.29. The standard InChI is InChI=1S/C15H23ClN2O2/c1-19-12-6-7-18(11(8-12)9-17)10-13-14(16)4-3-5-15(13)20-2/h3-5,11-12H,6-10,17H2,1-2H3. The summed E-state index contributed by atoms with van der Waals surface area (Å²) < 4.78 is 10.9. The first-order valence-corrected chi connectivity index (χ1v) is 7.35. The summed E-state index contributed by atoms with van der Waals surface area (Å²) in [7, 11) is 3.44. The fourth-order valence-electron chi connectivity index (χ4n) is 2.82. The molecule has 1 aliphatic rings. The van der Waals surface area contributed by atoms with Crippen molar-refractivity contribution in [3.63, 3.8) is 0 Å². The average molecular weight is 299 g/mol. The van der Waals surface area contributed by atoms with Crippen LogP contribution in [0.4, 0.5) is 0 Å². The Morgan fingerprint density at radius 2 is 2.20 bits per heavy atom. The molecule has 1 fully saturated rings. The van der Waals surface area contributed by atoms with Gasteiger partial charge in [0, 0.05) is 43.4 Å². The van der Waals surface area contributed by atoms with Crippen molar-refractivity contribution in [3.8, 4) is 5.75 Å². The van der Waals surface area contributed by atoms with Crippen molar-refractivity contribution in [3.05, 3.63) is 28.8 Å². The number of likely N-dealkylation sites (tertiary alicyclic amines) is 1. The molecule has 0 amide bonds. The van der Waals surface area contributed by atoms with Crippen LogP contribution in [0.3, 0.4) is 0 Å². The molecule has 2 rings (SSSR count). The molecule has 20 heavy (non-hydrogen) atoms. The van der Waals surface area contributed by atoms with E-state index in [0.717, 1.165) is 42.3 Å². The van der Waals surface area contributed by atoms with Crippen molar-refractivity contribution in [2.45, 2.75) is 31.5 Å². The van der Waals surface area contributed by atoms with E-state index < -0.39 is 0 Å². The molecule has 4 nitrogen and oxygen atoms in total. The fourth-order valence-corrected chi connectivity index (χ4v) is 3.04. The first-order valence-electron chi connectivity index (χ1n) is 6.97. The van der Waals surface area contributed by atoms with Crippen LogP contribution in [0.1, 0.15) is 18.4 Å². The van der Waals surface area contributed by atoms with E-state index >= 15 is 0 Å². The molecule has 1 aromatic rings. The summed E-state index contributed by atoms with van der Waals surface area (Å²) in [5.41, 5.74) is 6.94. The van der Waals surface area contributed by atoms with Gasteiger partial charge >= 0.3 is 0 Å². The Bertz CT molecular complexity index is 442. The van der Waals surface area contributed by atoms with Gasteiger partial charge in [0.1, 0.15) is 5.75 Å². The van der Waals surface area contributed by atoms with Gasteiger partial charge in [-0.15, -0.1) is 0 Å². The normalized spacial score (nSPS) is 23.8. The molecule has 1 saturated heterocycles. The molecule has 1 heterocycles. The maximum atomic E-state index is 6.31. The van der Waals surface area contributed by atoms with Gasteiger partial charge in [-0.1, -0.05) is 17.7 Å². The smallest absolute Gasteiger partial charge is 0.124 e. The number of hydrogen-bond donors (Lipinski definition) is 1. The van der Waals surface area contributed by atoms with Crippen LogP contribution in [0.5, 0.6) is 5.75 Å². The molecule has 0 aromatic heterocycles. The number of halogens is 1. The third kappa shape index (κ3) is 3.44. The quantitative estimate of drug-likeness (QED) is 0.906. The Labute approximate surface area is 125 Å². The van der Waals surface area contributed by atoms with Crippen molar-refractivity contribution in [1.82, 2.24) is 4.90 Å². The molecule has 0 saturated carbocycles. The number of methoxy groups -OCH3 is 2. The molecule has 2 unspecified atom stereocenters. The lowest BCUT2D eigenvalue weighted by molar-refractivity contribution is 0.0100. The monoisotopic (exact) mass is 298 g/mol. The highest BCUT2D eigenvalue weighted by atomic mass is 35.5. The maximum Gasteiger partial charge on any atom is 0.124 e. The highest BCUT2D eigenvalue weighted by Gasteiger charge is 2.28. The van der Waals surface area contributed by atoms with Crippen LogP contribution in [0.15, 0.2) is 18.2 Å². The average Bonchev–Trinajstić information content (AvgIpc) is 2.49. The van der Waals surface area contributed by atoms with Crippen LogP contribution in [-0.4, -0.2) is 44.4 Å². The first kappa shape index (κ1) is 15.6. The maximum absolute atomic E-state index is 6.31. The second-order valence-electron chi connectivity index (χ2n) is 5.16. The van der Waals surface area contributed by atoms with Crippen LogP contribution >= 0.6 is 11.6 Å². The van der Waals surface area contributed by atoms with E-state index in [1.54, 1.807) is 14.2 Å². The number of ether oxygens (including phenoxy) is 2. The Hall–Kier alpha value is -0.810. The largest absolute Gasteiger partial charge is 0.496 e. The summed E-state index contributed by atoms with van der Waals surface area (Å²) in [5, 5.41) is 0.744. The Balaban J connectivity index is 2.13. The van der Waals surface area contributed by atoms with E-state index in [4.69, 9.17) is 26.8 Å². The second-order valence-corrected chi connectivity index (χ2v) is 5.57. The molecule has 2 N–H and O–H groups in total. The minimum Gasteiger partial charge on any atom is -0.496 e. The lowest BCUT2D eigenvalue weighted by Crippen LogP contribution is -2.48. The number of hydrogen-bond acceptors (Lipinski definition) is 4. The van der Waals surface area contributed by atoms with E-state index in [-0.39, 0.29) is 0 Å². The molecule has 112 valence electrons. The molecular formula is C15H23ClN2O2. The van der Waals surface area contributed by atoms with Crippen LogP contribution in [0, 0.1) is 0 Å². The van der Waals surface area contributed by atoms with E-state index in [2.05, 4.69) is 4.90 Å². The lowest BCUT2D eigenvalue weighted by atomic mass is 9.98. The van der Waals surface area contributed by atoms with Crippen LogP contribution < -0.4 is 10.5 Å². The third-order valence-electron chi connectivity index (χ3n) is 4.05. The summed E-state index contributed by atoms with van der Waals surface area (Å²) in [6, 6.07) is 6.08. The topological polar surface area (TPSA) is 47.7 Å². The highest BCUT2D eigenvalue weighted by molar-refractivity contribution is 6.31. The minimum absolute atomic E-state index is 0.313. The minimum atomic E-state index is 0.313. The van der Waals surface area contributed by atoms with Crippen molar-refractivity contribution < 1.29 is 9.47 Å². The van der Waals surface area contributed by atoms with Gasteiger partial charge in [-0.25, -0.2) is 0 Å². The van der Waals surface area contributed by atoms with Crippen LogP contribution in [0.25, 0.3) is 0 Å². The summed E-state index contributed by atoms with van der Waals surface area (Å²) in [5.74, 6) is 0.835. The van der Waals surface area contributed by atoms with E-state index in [9.17, 15) is 0 Å². The number of benzene rings is 1. The van der Waals surface area contributed by atoms with Gasteiger partial charge in [-0.3, -0.25) is 4.90 Å². The fraction of sp³-hybridized carbons (Fsp3) is 0.600. The zero-order valence-corrected chi connectivity index (χ0v) is 12.9. The number of nitrogens with two attached hydrogens (primary N) is 1. The van der Waals surface area contributed by atoms with Gasteiger partial charge < -0.3 is 15.2 Å². The van der Waals surface area contributed by atoms with Crippen LogP contribution in [-0.2, 0) is 11.3 Å². The molecule has 5 heteroatoms. The number of rotatable bonds is 5. The third-order valence-corrected chi connectivity index (χ3v) is 4.41. The molecule has 0 aliphatic carbocycles. The molecule has 1 aliphatic heterocycles. The molecule has 0 bridgehead atoms. The Morgan fingerprint density at radius 1 is 1.40 bits per heavy atom. The molecule has 0 spiro atoms. The van der Waals surface area contributed by atoms with E-state index in [1.807, 2.05) is 18.2 Å². The first-order chi connectivity index (χ1) is 9.69. The summed E-state index contributed by atoms with van der Waals surface area (Å²) in [6.07, 6.45) is 2.31. The Morgan fingerprint density at radius 3 is 2.85 bits per heavy atom. The van der Waals surface area contributed by atoms with Crippen molar-refractivity contribution in [2.24, 2.45) is 5.73 Å². The van der Waals surface area contributed by atoms with Crippen molar-refractivity contribution in [2.75, 3.05) is 27.3 Å². The van der Waals surface area contributed by atoms with Crippen LogP contribution in [0.2, 0.25) is 5.02 Å². The van der Waals surface area contributed by atoms with Gasteiger partial charge in [-0.05, 0) is 25.0 Å². The summed E-state index contributed by atoms with van der Waals surface area (Å²) >= 11 is 6.31. The summed E-state index contributed by atoms with van der Waals surface area (Å²) in [6.45, 7) is 2.36. The van der Waals surface area contributed by atoms with Gasteiger partial charge in [0.2, 0.25) is 0 Å². The van der Waals surface area contributed by atoms with Gasteiger partial charge in [0.25, 0.3) is 0 Å².